The van der Waals surface area contributed by atoms with Crippen LogP contribution < -0.4 is 5.73 Å². The number of rotatable bonds is 2. The van der Waals surface area contributed by atoms with Crippen molar-refractivity contribution in [3.8, 4) is 0 Å². The fourth-order valence-corrected chi connectivity index (χ4v) is 2.68. The van der Waals surface area contributed by atoms with Gasteiger partial charge in [0.05, 0.1) is 0 Å². The molecule has 1 aliphatic rings. The zero-order chi connectivity index (χ0) is 9.26. The summed E-state index contributed by atoms with van der Waals surface area (Å²) in [6.07, 6.45) is 2.26. The van der Waals surface area contributed by atoms with Crippen LogP contribution in [0, 0.1) is 0 Å². The highest BCUT2D eigenvalue weighted by molar-refractivity contribution is 7.07. The van der Waals surface area contributed by atoms with Crippen LogP contribution >= 0.6 is 11.3 Å². The van der Waals surface area contributed by atoms with Crippen molar-refractivity contribution in [2.24, 2.45) is 5.73 Å². The minimum absolute atomic E-state index is 0.366. The summed E-state index contributed by atoms with van der Waals surface area (Å²) < 4.78 is 0. The maximum absolute atomic E-state index is 6.05. The van der Waals surface area contributed by atoms with Crippen molar-refractivity contribution in [2.75, 3.05) is 13.6 Å². The first-order chi connectivity index (χ1) is 6.27. The van der Waals surface area contributed by atoms with E-state index in [1.807, 2.05) is 0 Å². The van der Waals surface area contributed by atoms with Crippen LogP contribution in [0.25, 0.3) is 0 Å². The number of nitrogens with two attached hydrogens (primary N) is 1. The smallest absolute Gasteiger partial charge is 0.0285 e. The number of nitrogens with zero attached hydrogens (tertiary/aromatic N) is 1. The van der Waals surface area contributed by atoms with E-state index in [0.29, 0.717) is 12.1 Å². The van der Waals surface area contributed by atoms with Crippen LogP contribution in [0.4, 0.5) is 0 Å². The topological polar surface area (TPSA) is 29.3 Å². The van der Waals surface area contributed by atoms with E-state index in [1.165, 1.54) is 5.56 Å². The van der Waals surface area contributed by atoms with Gasteiger partial charge in [0.2, 0.25) is 0 Å². The molecule has 72 valence electrons. The first kappa shape index (κ1) is 9.19. The molecule has 1 saturated heterocycles. The molecule has 0 aromatic carbocycles. The summed E-state index contributed by atoms with van der Waals surface area (Å²) in [5.41, 5.74) is 7.48. The highest BCUT2D eigenvalue weighted by atomic mass is 32.1. The number of thiophene rings is 1. The second kappa shape index (κ2) is 3.78. The Bertz CT molecular complexity index is 248. The van der Waals surface area contributed by atoms with E-state index in [9.17, 15) is 0 Å². The van der Waals surface area contributed by atoms with Gasteiger partial charge in [0.1, 0.15) is 0 Å². The third-order valence-corrected chi connectivity index (χ3v) is 3.63. The minimum atomic E-state index is 0.366. The number of likely N-dealkylation sites (tertiary alicyclic amines) is 1. The molecular weight excluding hydrogens is 180 g/mol. The third-order valence-electron chi connectivity index (χ3n) is 2.90. The lowest BCUT2D eigenvalue weighted by Crippen LogP contribution is -2.38. The van der Waals surface area contributed by atoms with Crippen molar-refractivity contribution < 1.29 is 0 Å². The summed E-state index contributed by atoms with van der Waals surface area (Å²) in [6.45, 7) is 1.15. The molecule has 2 heterocycles. The minimum Gasteiger partial charge on any atom is -0.326 e. The molecule has 0 bridgehead atoms. The van der Waals surface area contributed by atoms with E-state index in [-0.39, 0.29) is 0 Å². The van der Waals surface area contributed by atoms with Gasteiger partial charge in [0.25, 0.3) is 0 Å². The van der Waals surface area contributed by atoms with Crippen molar-refractivity contribution in [3.05, 3.63) is 22.4 Å². The molecule has 0 unspecified atom stereocenters. The molecule has 1 fully saturated rings. The highest BCUT2D eigenvalue weighted by Crippen LogP contribution is 2.19. The molecule has 2 nitrogen and oxygen atoms in total. The van der Waals surface area contributed by atoms with Crippen LogP contribution in [0.3, 0.4) is 0 Å². The number of hydrogen-bond acceptors (Lipinski definition) is 3. The van der Waals surface area contributed by atoms with E-state index >= 15 is 0 Å². The third kappa shape index (κ3) is 1.93. The first-order valence-corrected chi connectivity index (χ1v) is 5.68. The van der Waals surface area contributed by atoms with Gasteiger partial charge in [-0.15, -0.1) is 0 Å². The number of hydrogen-bond donors (Lipinski definition) is 1. The maximum atomic E-state index is 6.05. The van der Waals surface area contributed by atoms with Gasteiger partial charge in [-0.3, -0.25) is 0 Å². The molecule has 1 aliphatic heterocycles. The number of likely N-dealkylation sites (N-methyl/N-ethyl adjacent to an activating group) is 1. The largest absolute Gasteiger partial charge is 0.326 e. The molecular formula is C10H16N2S. The Morgan fingerprint density at radius 3 is 3.08 bits per heavy atom. The normalized spacial score (nSPS) is 29.7. The van der Waals surface area contributed by atoms with Crippen molar-refractivity contribution in [1.29, 1.82) is 0 Å². The summed E-state index contributed by atoms with van der Waals surface area (Å²) >= 11 is 1.77. The molecule has 0 saturated carbocycles. The average molecular weight is 196 g/mol. The molecule has 0 radical (unpaired) electrons. The Morgan fingerprint density at radius 1 is 1.69 bits per heavy atom. The van der Waals surface area contributed by atoms with Gasteiger partial charge >= 0.3 is 0 Å². The highest BCUT2D eigenvalue weighted by Gasteiger charge is 2.28. The van der Waals surface area contributed by atoms with E-state index < -0.39 is 0 Å². The van der Waals surface area contributed by atoms with E-state index in [4.69, 9.17) is 5.73 Å². The van der Waals surface area contributed by atoms with Crippen LogP contribution in [0.1, 0.15) is 12.0 Å². The van der Waals surface area contributed by atoms with E-state index in [2.05, 4.69) is 28.8 Å². The van der Waals surface area contributed by atoms with Gasteiger partial charge in [-0.1, -0.05) is 0 Å². The van der Waals surface area contributed by atoms with Crippen LogP contribution in [0.15, 0.2) is 16.8 Å². The summed E-state index contributed by atoms with van der Waals surface area (Å²) in [5, 5.41) is 4.36. The molecule has 0 aliphatic carbocycles. The molecule has 1 aromatic rings. The lowest BCUT2D eigenvalue weighted by Gasteiger charge is -2.22. The standard InChI is InChI=1S/C10H16N2S/c1-12-4-2-9(11)10(12)6-8-3-5-13-7-8/h3,5,7,9-10H,2,4,6,11H2,1H3/t9-,10+/m1/s1. The van der Waals surface area contributed by atoms with Gasteiger partial charge in [-0.2, -0.15) is 11.3 Å². The average Bonchev–Trinajstić information content (AvgIpc) is 2.70. The van der Waals surface area contributed by atoms with Crippen molar-refractivity contribution in [2.45, 2.75) is 24.9 Å². The van der Waals surface area contributed by atoms with Crippen LogP contribution in [0.2, 0.25) is 0 Å². The predicted molar refractivity (Wildman–Crippen MR) is 57.0 cm³/mol. The molecule has 0 amide bonds. The fourth-order valence-electron chi connectivity index (χ4n) is 2.00. The maximum Gasteiger partial charge on any atom is 0.0285 e. The van der Waals surface area contributed by atoms with Crippen LogP contribution in [-0.2, 0) is 6.42 Å². The second-order valence-electron chi connectivity index (χ2n) is 3.84. The van der Waals surface area contributed by atoms with Gasteiger partial charge in [0, 0.05) is 12.1 Å². The zero-order valence-electron chi connectivity index (χ0n) is 7.94. The summed E-state index contributed by atoms with van der Waals surface area (Å²) in [5.74, 6) is 0. The Morgan fingerprint density at radius 2 is 2.54 bits per heavy atom. The monoisotopic (exact) mass is 196 g/mol. The lowest BCUT2D eigenvalue weighted by atomic mass is 10.0. The van der Waals surface area contributed by atoms with E-state index in [1.54, 1.807) is 11.3 Å². The summed E-state index contributed by atoms with van der Waals surface area (Å²) in [6, 6.07) is 3.11. The molecule has 2 N–H and O–H groups in total. The second-order valence-corrected chi connectivity index (χ2v) is 4.62. The molecule has 3 heteroatoms. The molecule has 1 aromatic heterocycles. The van der Waals surface area contributed by atoms with Gasteiger partial charge < -0.3 is 10.6 Å². The Balaban J connectivity index is 2.01. The SMILES string of the molecule is CN1CC[C@@H](N)[C@@H]1Cc1ccsc1. The molecule has 0 spiro atoms. The molecule has 2 rings (SSSR count). The molecule has 2 atom stereocenters. The van der Waals surface area contributed by atoms with Crippen LogP contribution in [-0.4, -0.2) is 30.6 Å². The van der Waals surface area contributed by atoms with E-state index in [0.717, 1.165) is 19.4 Å². The van der Waals surface area contributed by atoms with Gasteiger partial charge in [-0.25, -0.2) is 0 Å². The lowest BCUT2D eigenvalue weighted by molar-refractivity contribution is 0.296. The summed E-state index contributed by atoms with van der Waals surface area (Å²) in [4.78, 5) is 2.38. The Kier molecular flexibility index (Phi) is 2.67. The van der Waals surface area contributed by atoms with Gasteiger partial charge in [-0.05, 0) is 48.8 Å². The fraction of sp³-hybridized carbons (Fsp3) is 0.600. The predicted octanol–water partition coefficient (Wildman–Crippen LogP) is 1.32. The summed E-state index contributed by atoms with van der Waals surface area (Å²) in [7, 11) is 2.17. The van der Waals surface area contributed by atoms with Crippen molar-refractivity contribution in [1.82, 2.24) is 4.90 Å². The molecule has 13 heavy (non-hydrogen) atoms. The quantitative estimate of drug-likeness (QED) is 0.773. The van der Waals surface area contributed by atoms with Crippen molar-refractivity contribution in [3.63, 3.8) is 0 Å². The van der Waals surface area contributed by atoms with Crippen molar-refractivity contribution >= 4 is 11.3 Å². The Labute approximate surface area is 83.4 Å². The zero-order valence-corrected chi connectivity index (χ0v) is 8.76. The van der Waals surface area contributed by atoms with Crippen LogP contribution in [0.5, 0.6) is 0 Å². The van der Waals surface area contributed by atoms with Gasteiger partial charge in [0.15, 0.2) is 0 Å². The Hall–Kier alpha value is -0.380. The first-order valence-electron chi connectivity index (χ1n) is 4.74.